The SMILES string of the molecule is CNC(=O)c1ccc2c(c1)CCc1cc(C(=O)NC)ccc1C2(C[C@H](C)NCC(=O)N1[C@H](C#N)C[C@@H]2C[C@@H]21)c1nn(C(C)C)c(=O)[nH]1. The zero-order valence-corrected chi connectivity index (χ0v) is 27.5. The third-order valence-corrected chi connectivity index (χ3v) is 10.1. The molecule has 2 fully saturated rings. The summed E-state index contributed by atoms with van der Waals surface area (Å²) in [5.74, 6) is 0.376. The lowest BCUT2D eigenvalue weighted by atomic mass is 9.67. The predicted molar refractivity (Wildman–Crippen MR) is 175 cm³/mol. The molecule has 1 aromatic heterocycles. The maximum Gasteiger partial charge on any atom is 0.343 e. The topological polar surface area (TPSA) is 165 Å². The molecule has 2 heterocycles. The average Bonchev–Trinajstić information content (AvgIpc) is 3.60. The summed E-state index contributed by atoms with van der Waals surface area (Å²) in [6.07, 6.45) is 3.28. The van der Waals surface area contributed by atoms with Gasteiger partial charge in [0.2, 0.25) is 5.91 Å². The monoisotopic (exact) mass is 638 g/mol. The number of hydrogen-bond donors (Lipinski definition) is 4. The predicted octanol–water partition coefficient (Wildman–Crippen LogP) is 2.19. The van der Waals surface area contributed by atoms with E-state index in [1.165, 1.54) is 4.68 Å². The molecule has 2 aromatic carbocycles. The molecular formula is C35H42N8O4. The Labute approximate surface area is 273 Å². The van der Waals surface area contributed by atoms with E-state index < -0.39 is 5.41 Å². The van der Waals surface area contributed by atoms with Crippen LogP contribution in [0.3, 0.4) is 0 Å². The van der Waals surface area contributed by atoms with Crippen LogP contribution in [-0.2, 0) is 23.1 Å². The van der Waals surface area contributed by atoms with Crippen molar-refractivity contribution < 1.29 is 14.4 Å². The van der Waals surface area contributed by atoms with Crippen LogP contribution in [0.2, 0.25) is 0 Å². The largest absolute Gasteiger partial charge is 0.355 e. The number of benzene rings is 2. The van der Waals surface area contributed by atoms with Crippen LogP contribution >= 0.6 is 0 Å². The smallest absolute Gasteiger partial charge is 0.343 e. The molecular weight excluding hydrogens is 596 g/mol. The number of nitriles is 1. The summed E-state index contributed by atoms with van der Waals surface area (Å²) in [6.45, 7) is 5.86. The van der Waals surface area contributed by atoms with Crippen LogP contribution in [0.4, 0.5) is 0 Å². The summed E-state index contributed by atoms with van der Waals surface area (Å²) >= 11 is 0. The summed E-state index contributed by atoms with van der Waals surface area (Å²) in [5, 5.41) is 23.4. The molecule has 6 rings (SSSR count). The van der Waals surface area contributed by atoms with Crippen molar-refractivity contribution in [2.75, 3.05) is 20.6 Å². The number of H-pyrrole nitrogens is 1. The molecule has 3 aromatic rings. The fraction of sp³-hybridized carbons (Fsp3) is 0.486. The highest BCUT2D eigenvalue weighted by molar-refractivity contribution is 5.95. The second kappa shape index (κ2) is 12.4. The lowest BCUT2D eigenvalue weighted by Gasteiger charge is -2.37. The zero-order valence-electron chi connectivity index (χ0n) is 27.5. The number of amides is 3. The summed E-state index contributed by atoms with van der Waals surface area (Å²) in [4.78, 5) is 57.0. The number of likely N-dealkylation sites (tertiary alicyclic amines) is 1. The highest BCUT2D eigenvalue weighted by Gasteiger charge is 2.54. The van der Waals surface area contributed by atoms with E-state index in [1.807, 2.05) is 45.0 Å². The number of carbonyl (C=O) groups excluding carboxylic acids is 3. The molecule has 3 aliphatic rings. The lowest BCUT2D eigenvalue weighted by Crippen LogP contribution is -2.46. The minimum Gasteiger partial charge on any atom is -0.355 e. The van der Waals surface area contributed by atoms with Gasteiger partial charge in [0, 0.05) is 37.3 Å². The summed E-state index contributed by atoms with van der Waals surface area (Å²) in [7, 11) is 3.19. The maximum absolute atomic E-state index is 13.4. The summed E-state index contributed by atoms with van der Waals surface area (Å²) in [5.41, 5.74) is 3.34. The fourth-order valence-electron chi connectivity index (χ4n) is 7.68. The van der Waals surface area contributed by atoms with Gasteiger partial charge in [-0.15, -0.1) is 0 Å². The van der Waals surface area contributed by atoms with Gasteiger partial charge >= 0.3 is 5.69 Å². The Balaban J connectivity index is 1.48. The van der Waals surface area contributed by atoms with Gasteiger partial charge in [0.25, 0.3) is 11.8 Å². The van der Waals surface area contributed by atoms with Gasteiger partial charge in [-0.25, -0.2) is 9.48 Å². The van der Waals surface area contributed by atoms with Crippen molar-refractivity contribution >= 4 is 17.7 Å². The van der Waals surface area contributed by atoms with Gasteiger partial charge in [-0.1, -0.05) is 12.1 Å². The van der Waals surface area contributed by atoms with E-state index in [9.17, 15) is 24.4 Å². The average molecular weight is 639 g/mol. The minimum atomic E-state index is -1.01. The van der Waals surface area contributed by atoms with E-state index in [2.05, 4.69) is 27.0 Å². The Hall–Kier alpha value is -4.76. The number of piperidine rings is 1. The summed E-state index contributed by atoms with van der Waals surface area (Å²) in [6, 6.07) is 12.9. The van der Waals surface area contributed by atoms with Gasteiger partial charge in [-0.2, -0.15) is 10.4 Å². The first-order valence-electron chi connectivity index (χ1n) is 16.4. The third kappa shape index (κ3) is 5.63. The quantitative estimate of drug-likeness (QED) is 0.279. The standard InChI is InChI=1S/C35H42N8O4/c1-19(2)43-34(47)40-33(41-43)35(16-20(3)39-18-30(44)42-26(17-36)14-25-15-29(25)42)27-10-8-23(31(45)37-4)12-21(27)6-7-22-13-24(32(46)38-5)9-11-28(22)35/h8-13,19-20,25-26,29,39H,6-7,14-16,18H2,1-5H3,(H,37,45)(H,38,46)(H,40,41,47)/t20-,25+,26-,29-/m0/s1. The van der Waals surface area contributed by atoms with Crippen molar-refractivity contribution in [2.24, 2.45) is 5.92 Å². The molecule has 4 N–H and O–H groups in total. The molecule has 4 atom stereocenters. The van der Waals surface area contributed by atoms with Gasteiger partial charge in [-0.05, 0) is 105 Å². The van der Waals surface area contributed by atoms with Crippen molar-refractivity contribution in [2.45, 2.75) is 82.5 Å². The first kappa shape index (κ1) is 32.2. The van der Waals surface area contributed by atoms with Crippen molar-refractivity contribution in [3.8, 4) is 6.07 Å². The zero-order chi connectivity index (χ0) is 33.6. The Morgan fingerprint density at radius 3 is 2.11 bits per heavy atom. The molecule has 0 radical (unpaired) electrons. The number of aromatic nitrogens is 3. The van der Waals surface area contributed by atoms with Crippen LogP contribution in [0.1, 0.15) is 94.9 Å². The molecule has 1 aliphatic heterocycles. The highest BCUT2D eigenvalue weighted by Crippen LogP contribution is 2.48. The van der Waals surface area contributed by atoms with Crippen LogP contribution in [0.5, 0.6) is 0 Å². The number of rotatable bonds is 9. The number of carbonyl (C=O) groups is 3. The second-order valence-corrected chi connectivity index (χ2v) is 13.4. The Morgan fingerprint density at radius 1 is 1.00 bits per heavy atom. The molecule has 0 spiro atoms. The van der Waals surface area contributed by atoms with E-state index in [0.29, 0.717) is 42.1 Å². The molecule has 246 valence electrons. The number of aromatic amines is 1. The van der Waals surface area contributed by atoms with Gasteiger partial charge in [0.1, 0.15) is 11.9 Å². The number of aryl methyl sites for hydroxylation is 2. The normalized spacial score (nSPS) is 21.1. The fourth-order valence-corrected chi connectivity index (χ4v) is 7.68. The van der Waals surface area contributed by atoms with Gasteiger partial charge < -0.3 is 20.9 Å². The van der Waals surface area contributed by atoms with Crippen molar-refractivity contribution in [3.05, 3.63) is 86.1 Å². The van der Waals surface area contributed by atoms with Gasteiger partial charge in [-0.3, -0.25) is 19.4 Å². The molecule has 0 bridgehead atoms. The number of nitrogens with zero attached hydrogens (tertiary/aromatic N) is 4. The van der Waals surface area contributed by atoms with Crippen molar-refractivity contribution in [1.82, 2.24) is 35.6 Å². The Bertz CT molecular complexity index is 1770. The van der Waals surface area contributed by atoms with Crippen LogP contribution in [0.25, 0.3) is 0 Å². The first-order chi connectivity index (χ1) is 22.5. The van der Waals surface area contributed by atoms with Gasteiger partial charge in [0.15, 0.2) is 0 Å². The van der Waals surface area contributed by atoms with Crippen LogP contribution in [0.15, 0.2) is 41.2 Å². The Kier molecular flexibility index (Phi) is 8.53. The van der Waals surface area contributed by atoms with Crippen LogP contribution < -0.4 is 21.6 Å². The van der Waals surface area contributed by atoms with E-state index in [4.69, 9.17) is 5.10 Å². The van der Waals surface area contributed by atoms with E-state index in [0.717, 1.165) is 35.1 Å². The molecule has 12 heteroatoms. The van der Waals surface area contributed by atoms with Crippen molar-refractivity contribution in [3.63, 3.8) is 0 Å². The summed E-state index contributed by atoms with van der Waals surface area (Å²) < 4.78 is 1.43. The molecule has 3 amide bonds. The number of hydrogen-bond acceptors (Lipinski definition) is 7. The molecule has 1 saturated carbocycles. The van der Waals surface area contributed by atoms with E-state index in [-0.39, 0.29) is 54.1 Å². The van der Waals surface area contributed by atoms with Crippen LogP contribution in [-0.4, -0.2) is 76.2 Å². The Morgan fingerprint density at radius 2 is 1.60 bits per heavy atom. The number of fused-ring (bicyclic) bond motifs is 3. The molecule has 1 saturated heterocycles. The first-order valence-corrected chi connectivity index (χ1v) is 16.4. The maximum atomic E-state index is 13.4. The number of nitrogens with one attached hydrogen (secondary N) is 4. The minimum absolute atomic E-state index is 0.0700. The van der Waals surface area contributed by atoms with E-state index in [1.54, 1.807) is 31.1 Å². The lowest BCUT2D eigenvalue weighted by molar-refractivity contribution is -0.131. The molecule has 2 aliphatic carbocycles. The third-order valence-electron chi connectivity index (χ3n) is 10.1. The molecule has 47 heavy (non-hydrogen) atoms. The molecule has 12 nitrogen and oxygen atoms in total. The van der Waals surface area contributed by atoms with Gasteiger partial charge in [0.05, 0.1) is 24.1 Å². The van der Waals surface area contributed by atoms with E-state index >= 15 is 0 Å². The molecule has 0 unspecified atom stereocenters. The van der Waals surface area contributed by atoms with Crippen molar-refractivity contribution in [1.29, 1.82) is 5.26 Å². The second-order valence-electron chi connectivity index (χ2n) is 13.4. The highest BCUT2D eigenvalue weighted by atomic mass is 16.2. The van der Waals surface area contributed by atoms with Crippen LogP contribution in [0, 0.1) is 17.2 Å².